The minimum atomic E-state index is -0.731. The van der Waals surface area contributed by atoms with Gasteiger partial charge in [0.15, 0.2) is 5.75 Å². The number of rotatable bonds is 7. The largest absolute Gasteiger partial charge is 0.490 e. The van der Waals surface area contributed by atoms with E-state index in [0.29, 0.717) is 5.56 Å². The molecule has 0 saturated carbocycles. The molecule has 0 heterocycles. The number of methoxy groups -OCH3 is 1. The van der Waals surface area contributed by atoms with Gasteiger partial charge in [0, 0.05) is 11.6 Å². The summed E-state index contributed by atoms with van der Waals surface area (Å²) in [7, 11) is 1.27. The van der Waals surface area contributed by atoms with Gasteiger partial charge in [-0.1, -0.05) is 12.1 Å². The third-order valence-corrected chi connectivity index (χ3v) is 3.32. The van der Waals surface area contributed by atoms with Gasteiger partial charge in [-0.2, -0.15) is 0 Å². The van der Waals surface area contributed by atoms with Crippen LogP contribution in [0.4, 0.5) is 10.1 Å². The molecule has 0 aromatic heterocycles. The molecule has 0 saturated heterocycles. The average molecular weight is 362 g/mol. The fraction of sp³-hybridized carbons (Fsp3) is 0.176. The van der Waals surface area contributed by atoms with Crippen molar-refractivity contribution < 1.29 is 28.4 Å². The Morgan fingerprint density at radius 2 is 2.00 bits per heavy atom. The van der Waals surface area contributed by atoms with Crippen molar-refractivity contribution in [1.82, 2.24) is 5.32 Å². The molecule has 0 fully saturated rings. The Balaban J connectivity index is 1.90. The molecule has 136 valence electrons. The summed E-state index contributed by atoms with van der Waals surface area (Å²) >= 11 is 0. The van der Waals surface area contributed by atoms with Crippen LogP contribution in [0.5, 0.6) is 5.75 Å². The molecular weight excluding hydrogens is 347 g/mol. The standard InChI is InChI=1S/C17H15FN2O6/c1-25-15-6-5-12(8-14(15)20(23)24)17(22)19-9-16(21)26-10-11-3-2-4-13(18)7-11/h2-8H,9-10H2,1H3,(H,19,22). The molecular formula is C17H15FN2O6. The van der Waals surface area contributed by atoms with Crippen LogP contribution in [-0.4, -0.2) is 30.5 Å². The van der Waals surface area contributed by atoms with Crippen LogP contribution in [0.1, 0.15) is 15.9 Å². The molecule has 2 aromatic rings. The maximum Gasteiger partial charge on any atom is 0.325 e. The summed E-state index contributed by atoms with van der Waals surface area (Å²) in [5.74, 6) is -1.85. The minimum Gasteiger partial charge on any atom is -0.490 e. The number of esters is 1. The predicted molar refractivity (Wildman–Crippen MR) is 88.2 cm³/mol. The van der Waals surface area contributed by atoms with Crippen molar-refractivity contribution in [3.05, 3.63) is 69.5 Å². The predicted octanol–water partition coefficient (Wildman–Crippen LogP) is 2.22. The van der Waals surface area contributed by atoms with Crippen molar-refractivity contribution in [1.29, 1.82) is 0 Å². The van der Waals surface area contributed by atoms with Crippen molar-refractivity contribution >= 4 is 17.6 Å². The van der Waals surface area contributed by atoms with E-state index in [0.717, 1.165) is 6.07 Å². The summed E-state index contributed by atoms with van der Waals surface area (Å²) in [5.41, 5.74) is 0.0970. The first-order valence-electron chi connectivity index (χ1n) is 7.41. The third-order valence-electron chi connectivity index (χ3n) is 3.32. The highest BCUT2D eigenvalue weighted by molar-refractivity contribution is 5.96. The van der Waals surface area contributed by atoms with Gasteiger partial charge in [0.1, 0.15) is 19.0 Å². The van der Waals surface area contributed by atoms with Gasteiger partial charge in [-0.15, -0.1) is 0 Å². The molecule has 2 aromatic carbocycles. The van der Waals surface area contributed by atoms with Gasteiger partial charge in [0.25, 0.3) is 5.91 Å². The Hall–Kier alpha value is -3.49. The first kappa shape index (κ1) is 18.8. The van der Waals surface area contributed by atoms with E-state index in [1.807, 2.05) is 0 Å². The van der Waals surface area contributed by atoms with Gasteiger partial charge >= 0.3 is 11.7 Å². The molecule has 9 heteroatoms. The summed E-state index contributed by atoms with van der Waals surface area (Å²) in [6.07, 6.45) is 0. The van der Waals surface area contributed by atoms with Crippen molar-refractivity contribution in [3.8, 4) is 5.75 Å². The number of halogens is 1. The number of nitro groups is 1. The van der Waals surface area contributed by atoms with Crippen LogP contribution in [0.2, 0.25) is 0 Å². The zero-order valence-electron chi connectivity index (χ0n) is 13.7. The molecule has 2 rings (SSSR count). The van der Waals surface area contributed by atoms with Gasteiger partial charge in [-0.3, -0.25) is 19.7 Å². The van der Waals surface area contributed by atoms with Gasteiger partial charge in [0.2, 0.25) is 0 Å². The second-order valence-corrected chi connectivity index (χ2v) is 5.12. The van der Waals surface area contributed by atoms with Crippen molar-refractivity contribution in [2.45, 2.75) is 6.61 Å². The number of benzene rings is 2. The summed E-state index contributed by atoms with van der Waals surface area (Å²) in [6, 6.07) is 9.23. The summed E-state index contributed by atoms with van der Waals surface area (Å²) in [6.45, 7) is -0.575. The molecule has 26 heavy (non-hydrogen) atoms. The Bertz CT molecular complexity index is 840. The maximum absolute atomic E-state index is 13.0. The number of nitrogens with zero attached hydrogens (tertiary/aromatic N) is 1. The van der Waals surface area contributed by atoms with Crippen LogP contribution in [0.3, 0.4) is 0 Å². The molecule has 0 unspecified atom stereocenters. The lowest BCUT2D eigenvalue weighted by Crippen LogP contribution is -2.30. The minimum absolute atomic E-state index is 0.00423. The fourth-order valence-corrected chi connectivity index (χ4v) is 2.07. The Morgan fingerprint density at radius 1 is 1.23 bits per heavy atom. The van der Waals surface area contributed by atoms with Crippen LogP contribution in [-0.2, 0) is 16.1 Å². The van der Waals surface area contributed by atoms with E-state index >= 15 is 0 Å². The van der Waals surface area contributed by atoms with E-state index in [1.165, 1.54) is 37.4 Å². The molecule has 1 N–H and O–H groups in total. The molecule has 0 aliphatic heterocycles. The average Bonchev–Trinajstić information content (AvgIpc) is 2.63. The van der Waals surface area contributed by atoms with Gasteiger partial charge in [0.05, 0.1) is 12.0 Å². The molecule has 0 aliphatic rings. The quantitative estimate of drug-likeness (QED) is 0.460. The normalized spacial score (nSPS) is 10.1. The van der Waals surface area contributed by atoms with Crippen LogP contribution in [0.25, 0.3) is 0 Å². The van der Waals surface area contributed by atoms with E-state index in [9.17, 15) is 24.1 Å². The second kappa shape index (κ2) is 8.56. The maximum atomic E-state index is 13.0. The zero-order valence-corrected chi connectivity index (χ0v) is 13.7. The number of carbonyl (C=O) groups is 2. The molecule has 0 radical (unpaired) electrons. The van der Waals surface area contributed by atoms with Crippen LogP contribution in [0.15, 0.2) is 42.5 Å². The molecule has 0 spiro atoms. The molecule has 8 nitrogen and oxygen atoms in total. The van der Waals surface area contributed by atoms with Crippen LogP contribution in [0, 0.1) is 15.9 Å². The monoisotopic (exact) mass is 362 g/mol. The van der Waals surface area contributed by atoms with Crippen molar-refractivity contribution in [2.24, 2.45) is 0 Å². The second-order valence-electron chi connectivity index (χ2n) is 5.12. The lowest BCUT2D eigenvalue weighted by Gasteiger charge is -2.08. The van der Waals surface area contributed by atoms with Crippen molar-refractivity contribution in [3.63, 3.8) is 0 Å². The lowest BCUT2D eigenvalue weighted by atomic mass is 10.1. The summed E-state index contributed by atoms with van der Waals surface area (Å²) < 4.78 is 22.8. The Labute approximate surface area is 147 Å². The number of nitrogens with one attached hydrogen (secondary N) is 1. The van der Waals surface area contributed by atoms with Crippen LogP contribution < -0.4 is 10.1 Å². The number of carbonyl (C=O) groups excluding carboxylic acids is 2. The van der Waals surface area contributed by atoms with Crippen LogP contribution >= 0.6 is 0 Å². The van der Waals surface area contributed by atoms with Gasteiger partial charge in [-0.05, 0) is 29.8 Å². The van der Waals surface area contributed by atoms with E-state index < -0.39 is 29.2 Å². The SMILES string of the molecule is COc1ccc(C(=O)NCC(=O)OCc2cccc(F)c2)cc1[N+](=O)[O-]. The molecule has 1 amide bonds. The lowest BCUT2D eigenvalue weighted by molar-refractivity contribution is -0.385. The highest BCUT2D eigenvalue weighted by Crippen LogP contribution is 2.27. The smallest absolute Gasteiger partial charge is 0.325 e. The Morgan fingerprint density at radius 3 is 2.65 bits per heavy atom. The number of ether oxygens (including phenoxy) is 2. The fourth-order valence-electron chi connectivity index (χ4n) is 2.07. The summed E-state index contributed by atoms with van der Waals surface area (Å²) in [4.78, 5) is 33.9. The molecule has 0 bridgehead atoms. The number of hydrogen-bond donors (Lipinski definition) is 1. The topological polar surface area (TPSA) is 108 Å². The third kappa shape index (κ3) is 5.00. The first-order valence-corrected chi connectivity index (χ1v) is 7.41. The van der Waals surface area contributed by atoms with Crippen molar-refractivity contribution in [2.75, 3.05) is 13.7 Å². The number of hydrogen-bond acceptors (Lipinski definition) is 6. The summed E-state index contributed by atoms with van der Waals surface area (Å²) in [5, 5.41) is 13.3. The Kier molecular flexibility index (Phi) is 6.20. The highest BCUT2D eigenvalue weighted by Gasteiger charge is 2.18. The molecule has 0 atom stereocenters. The highest BCUT2D eigenvalue weighted by atomic mass is 19.1. The van der Waals surface area contributed by atoms with E-state index in [4.69, 9.17) is 9.47 Å². The van der Waals surface area contributed by atoms with Gasteiger partial charge in [-0.25, -0.2) is 4.39 Å². The van der Waals surface area contributed by atoms with E-state index in [1.54, 1.807) is 6.07 Å². The van der Waals surface area contributed by atoms with E-state index in [2.05, 4.69) is 5.32 Å². The zero-order chi connectivity index (χ0) is 19.1. The number of amides is 1. The van der Waals surface area contributed by atoms with Gasteiger partial charge < -0.3 is 14.8 Å². The first-order chi connectivity index (χ1) is 12.4. The molecule has 0 aliphatic carbocycles. The number of nitro benzene ring substituents is 1. The van der Waals surface area contributed by atoms with E-state index in [-0.39, 0.29) is 23.6 Å².